The summed E-state index contributed by atoms with van der Waals surface area (Å²) in [6.07, 6.45) is 4.05. The minimum atomic E-state index is -4.49. The fraction of sp³-hybridized carbons (Fsp3) is 0.250. The lowest BCUT2D eigenvalue weighted by atomic mass is 10.0. The summed E-state index contributed by atoms with van der Waals surface area (Å²) in [6, 6.07) is 15.8. The number of nitrogens with one attached hydrogen (secondary N) is 1. The number of benzene rings is 2. The quantitative estimate of drug-likeness (QED) is 0.393. The van der Waals surface area contributed by atoms with E-state index in [9.17, 15) is 22.0 Å². The Morgan fingerprint density at radius 2 is 1.92 bits per heavy atom. The van der Waals surface area contributed by atoms with E-state index < -0.39 is 45.2 Å². The minimum absolute atomic E-state index is 0.0225. The summed E-state index contributed by atoms with van der Waals surface area (Å²) in [6.45, 7) is -1.07. The normalized spacial score (nSPS) is 18.5. The zero-order chi connectivity index (χ0) is 26.4. The molecular weight excluding hydrogens is 512 g/mol. The molecule has 10 heteroatoms. The van der Waals surface area contributed by atoms with E-state index in [1.54, 1.807) is 6.20 Å². The van der Waals surface area contributed by atoms with Gasteiger partial charge in [-0.1, -0.05) is 18.2 Å². The van der Waals surface area contributed by atoms with Crippen LogP contribution in [0.4, 0.5) is 8.78 Å². The Labute approximate surface area is 217 Å². The molecule has 1 fully saturated rings. The van der Waals surface area contributed by atoms with E-state index >= 15 is 0 Å². The monoisotopic (exact) mass is 535 g/mol. The molecule has 1 amide bonds. The van der Waals surface area contributed by atoms with E-state index in [-0.39, 0.29) is 17.7 Å². The van der Waals surface area contributed by atoms with Gasteiger partial charge in [0.05, 0.1) is 36.0 Å². The molecule has 0 unspecified atom stereocenters. The highest BCUT2D eigenvalue weighted by Crippen LogP contribution is 2.39. The van der Waals surface area contributed by atoms with Gasteiger partial charge in [0.15, 0.2) is 0 Å². The Kier molecular flexibility index (Phi) is 6.16. The Morgan fingerprint density at radius 3 is 2.74 bits per heavy atom. The number of hydrogen-bond donors (Lipinski definition) is 1. The van der Waals surface area contributed by atoms with Crippen LogP contribution in [0.2, 0.25) is 0 Å². The summed E-state index contributed by atoms with van der Waals surface area (Å²) in [5.74, 6) is -1.10. The molecule has 7 nitrogen and oxygen atoms in total. The van der Waals surface area contributed by atoms with Crippen LogP contribution < -0.4 is 5.32 Å². The van der Waals surface area contributed by atoms with Crippen LogP contribution in [0.3, 0.4) is 0 Å². The number of halogens is 2. The number of hydrogen-bond acceptors (Lipinski definition) is 6. The maximum absolute atomic E-state index is 14.7. The first-order chi connectivity index (χ1) is 18.3. The molecule has 4 aromatic rings. The number of amides is 1. The van der Waals surface area contributed by atoms with Gasteiger partial charge in [0.2, 0.25) is 15.3 Å². The van der Waals surface area contributed by atoms with Crippen molar-refractivity contribution in [3.63, 3.8) is 0 Å². The zero-order valence-electron chi connectivity index (χ0n) is 20.2. The van der Waals surface area contributed by atoms with E-state index in [1.165, 1.54) is 12.8 Å². The van der Waals surface area contributed by atoms with Crippen LogP contribution in [0, 0.1) is 5.82 Å². The van der Waals surface area contributed by atoms with Crippen molar-refractivity contribution in [3.8, 4) is 11.3 Å². The molecule has 2 aliphatic rings. The third kappa shape index (κ3) is 4.65. The lowest BCUT2D eigenvalue weighted by Crippen LogP contribution is -2.25. The third-order valence-corrected chi connectivity index (χ3v) is 8.61. The predicted octanol–water partition coefficient (Wildman–Crippen LogP) is 4.84. The van der Waals surface area contributed by atoms with E-state index in [1.807, 2.05) is 36.4 Å². The summed E-state index contributed by atoms with van der Waals surface area (Å²) in [4.78, 5) is 21.4. The van der Waals surface area contributed by atoms with Crippen LogP contribution in [0.25, 0.3) is 22.0 Å². The minimum Gasteiger partial charge on any atom is -0.372 e. The smallest absolute Gasteiger partial charge is 0.251 e. The molecule has 0 bridgehead atoms. The van der Waals surface area contributed by atoms with Crippen molar-refractivity contribution >= 4 is 26.5 Å². The predicted molar refractivity (Wildman–Crippen MR) is 136 cm³/mol. The van der Waals surface area contributed by atoms with Gasteiger partial charge >= 0.3 is 0 Å². The lowest BCUT2D eigenvalue weighted by molar-refractivity contribution is 0.0938. The van der Waals surface area contributed by atoms with Crippen molar-refractivity contribution < 1.29 is 26.7 Å². The molecule has 1 atom stereocenters. The number of pyridine rings is 2. The number of rotatable bonds is 5. The van der Waals surface area contributed by atoms with Gasteiger partial charge in [0.1, 0.15) is 5.82 Å². The molecule has 1 saturated carbocycles. The number of carbonyl (C=O) groups is 1. The maximum Gasteiger partial charge on any atom is 0.251 e. The number of nitrogens with zero attached hydrogens (tertiary/aromatic N) is 2. The summed E-state index contributed by atoms with van der Waals surface area (Å²) >= 11 is 0. The van der Waals surface area contributed by atoms with Gasteiger partial charge in [-0.2, -0.15) is 0 Å². The van der Waals surface area contributed by atoms with Gasteiger partial charge in [-0.3, -0.25) is 14.8 Å². The summed E-state index contributed by atoms with van der Waals surface area (Å²) in [5.41, 5.74) is 0.677. The molecular formula is C28H23F2N3O4S. The first-order valence-corrected chi connectivity index (χ1v) is 13.8. The fourth-order valence-corrected chi connectivity index (χ4v) is 5.89. The van der Waals surface area contributed by atoms with Crippen molar-refractivity contribution in [1.29, 1.82) is 0 Å². The number of sulfone groups is 1. The number of aromatic nitrogens is 2. The van der Waals surface area contributed by atoms with Gasteiger partial charge in [-0.05, 0) is 54.6 Å². The molecule has 1 aliphatic carbocycles. The molecule has 194 valence electrons. The van der Waals surface area contributed by atoms with Gasteiger partial charge < -0.3 is 10.1 Å². The van der Waals surface area contributed by atoms with Crippen molar-refractivity contribution in [2.75, 3.05) is 6.61 Å². The summed E-state index contributed by atoms with van der Waals surface area (Å²) in [7, 11) is -4.49. The molecule has 0 saturated heterocycles. The van der Waals surface area contributed by atoms with Crippen LogP contribution >= 0.6 is 0 Å². The van der Waals surface area contributed by atoms with Crippen LogP contribution in [0.1, 0.15) is 46.1 Å². The summed E-state index contributed by atoms with van der Waals surface area (Å²) in [5, 5.41) is 4.47. The molecule has 3 heterocycles. The standard InChI is InChI=1S/C28H23F2N3O4S/c29-23-10-20(11-26-22(23)14-37-15-27(30)38(26,35)36)28(34)32-13-21-9-19-8-17(6-7-18(19)12-31-21)25-3-1-2-24(33-25)16-4-5-16/h1-3,6-12,16,27H,4-5,13-15H2,(H,32,34)/t27-/m1/s1. The third-order valence-electron chi connectivity index (χ3n) is 6.83. The molecule has 38 heavy (non-hydrogen) atoms. The molecule has 0 spiro atoms. The van der Waals surface area contributed by atoms with Crippen molar-refractivity contribution in [2.45, 2.75) is 42.3 Å². The second-order valence-electron chi connectivity index (χ2n) is 9.55. The van der Waals surface area contributed by atoms with Crippen molar-refractivity contribution in [1.82, 2.24) is 15.3 Å². The van der Waals surface area contributed by atoms with E-state index in [0.717, 1.165) is 39.9 Å². The highest BCUT2D eigenvalue weighted by Gasteiger charge is 2.35. The van der Waals surface area contributed by atoms with E-state index in [2.05, 4.69) is 16.4 Å². The SMILES string of the molecule is O=C(NCc1cc2cc(-c3cccc(C4CC4)n3)ccc2cn1)c1cc(F)c2c(c1)S(=O)(=O)[C@@H](F)COC2. The second-order valence-corrected chi connectivity index (χ2v) is 11.6. The Hall–Kier alpha value is -3.76. The number of carbonyl (C=O) groups excluding carboxylic acids is 1. The first kappa shape index (κ1) is 24.6. The zero-order valence-corrected chi connectivity index (χ0v) is 21.0. The van der Waals surface area contributed by atoms with Crippen LogP contribution in [-0.2, 0) is 27.7 Å². The van der Waals surface area contributed by atoms with E-state index in [4.69, 9.17) is 9.72 Å². The summed E-state index contributed by atoms with van der Waals surface area (Å²) < 4.78 is 58.7. The number of alkyl halides is 1. The second kappa shape index (κ2) is 9.52. The topological polar surface area (TPSA) is 98.3 Å². The van der Waals surface area contributed by atoms with Gasteiger partial charge in [0, 0.05) is 39.9 Å². The molecule has 1 aliphatic heterocycles. The molecule has 1 N–H and O–H groups in total. The number of ether oxygens (including phenoxy) is 1. The van der Waals surface area contributed by atoms with Gasteiger partial charge in [-0.15, -0.1) is 0 Å². The average Bonchev–Trinajstić information content (AvgIpc) is 3.78. The van der Waals surface area contributed by atoms with Crippen molar-refractivity contribution in [2.24, 2.45) is 0 Å². The van der Waals surface area contributed by atoms with Gasteiger partial charge in [0.25, 0.3) is 5.91 Å². The maximum atomic E-state index is 14.7. The van der Waals surface area contributed by atoms with Crippen LogP contribution in [-0.4, -0.2) is 36.4 Å². The van der Waals surface area contributed by atoms with E-state index in [0.29, 0.717) is 11.6 Å². The highest BCUT2D eigenvalue weighted by atomic mass is 32.2. The first-order valence-electron chi connectivity index (χ1n) is 12.2. The molecule has 0 radical (unpaired) electrons. The largest absolute Gasteiger partial charge is 0.372 e. The molecule has 6 rings (SSSR count). The number of fused-ring (bicyclic) bond motifs is 2. The lowest BCUT2D eigenvalue weighted by Gasteiger charge is -2.12. The van der Waals surface area contributed by atoms with Crippen LogP contribution in [0.15, 0.2) is 65.7 Å². The molecule has 2 aromatic carbocycles. The van der Waals surface area contributed by atoms with Crippen molar-refractivity contribution in [3.05, 3.63) is 89.1 Å². The van der Waals surface area contributed by atoms with Crippen LogP contribution in [0.5, 0.6) is 0 Å². The Bertz CT molecular complexity index is 1690. The molecule has 2 aromatic heterocycles. The Morgan fingerprint density at radius 1 is 1.08 bits per heavy atom. The highest BCUT2D eigenvalue weighted by molar-refractivity contribution is 7.92. The van der Waals surface area contributed by atoms with Gasteiger partial charge in [-0.25, -0.2) is 17.2 Å². The Balaban J connectivity index is 1.23. The fourth-order valence-electron chi connectivity index (χ4n) is 4.55. The average molecular weight is 536 g/mol.